The van der Waals surface area contributed by atoms with Gasteiger partial charge in [-0.2, -0.15) is 0 Å². The number of rotatable bonds is 2. The van der Waals surface area contributed by atoms with E-state index in [1.54, 1.807) is 5.01 Å². The van der Waals surface area contributed by atoms with Gasteiger partial charge in [-0.25, -0.2) is 5.43 Å². The fourth-order valence-electron chi connectivity index (χ4n) is 0.445. The minimum atomic E-state index is 0.392. The molecule has 0 heterocycles. The van der Waals surface area contributed by atoms with Crippen LogP contribution in [0.4, 0.5) is 0 Å². The van der Waals surface area contributed by atoms with Gasteiger partial charge in [-0.05, 0) is 26.1 Å². The van der Waals surface area contributed by atoms with Crippen molar-refractivity contribution >= 4 is 17.3 Å². The molecule has 0 aliphatic rings. The Morgan fingerprint density at radius 1 is 1.50 bits per heavy atom. The van der Waals surface area contributed by atoms with E-state index in [0.29, 0.717) is 6.04 Å². The van der Waals surface area contributed by atoms with E-state index in [0.717, 1.165) is 5.11 Å². The molecule has 4 heteroatoms. The smallest absolute Gasteiger partial charge is 0.183 e. The summed E-state index contributed by atoms with van der Waals surface area (Å²) >= 11 is 5.00. The summed E-state index contributed by atoms with van der Waals surface area (Å²) in [7, 11) is 3.70. The Kier molecular flexibility index (Phi) is 4.31. The highest BCUT2D eigenvalue weighted by molar-refractivity contribution is 7.80. The van der Waals surface area contributed by atoms with E-state index < -0.39 is 0 Å². The summed E-state index contributed by atoms with van der Waals surface area (Å²) in [5.41, 5.74) is 2.90. The van der Waals surface area contributed by atoms with Gasteiger partial charge in [0, 0.05) is 20.1 Å². The van der Waals surface area contributed by atoms with Crippen LogP contribution in [0.15, 0.2) is 0 Å². The number of hydrogen-bond acceptors (Lipinski definition) is 2. The van der Waals surface area contributed by atoms with Crippen molar-refractivity contribution in [3.63, 3.8) is 0 Å². The number of thiocarbonyl (C=S) groups is 1. The van der Waals surface area contributed by atoms with Crippen molar-refractivity contribution in [3.8, 4) is 0 Å². The largest absolute Gasteiger partial charge is 0.359 e. The fraction of sp³-hybridized carbons (Fsp3) is 0.833. The van der Waals surface area contributed by atoms with Gasteiger partial charge in [0.1, 0.15) is 0 Å². The second-order valence-corrected chi connectivity index (χ2v) is 2.77. The molecule has 3 nitrogen and oxygen atoms in total. The molecule has 0 bridgehead atoms. The average Bonchev–Trinajstić information content (AvgIpc) is 1.85. The molecule has 0 fully saturated rings. The first-order chi connectivity index (χ1) is 4.57. The van der Waals surface area contributed by atoms with E-state index in [1.165, 1.54) is 0 Å². The SMILES string of the molecule is CNN(C)C(=S)NC(C)C. The van der Waals surface area contributed by atoms with Gasteiger partial charge in [-0.15, -0.1) is 0 Å². The Labute approximate surface area is 67.8 Å². The maximum absolute atomic E-state index is 5.00. The van der Waals surface area contributed by atoms with Crippen LogP contribution in [0, 0.1) is 0 Å². The first kappa shape index (κ1) is 9.65. The molecule has 0 radical (unpaired) electrons. The molecule has 60 valence electrons. The predicted octanol–water partition coefficient (Wildman–Crippen LogP) is 0.335. The van der Waals surface area contributed by atoms with Gasteiger partial charge in [0.05, 0.1) is 0 Å². The Morgan fingerprint density at radius 2 is 2.00 bits per heavy atom. The molecule has 0 aliphatic carbocycles. The molecule has 2 N–H and O–H groups in total. The van der Waals surface area contributed by atoms with Crippen LogP contribution in [0.1, 0.15) is 13.8 Å². The van der Waals surface area contributed by atoms with E-state index in [9.17, 15) is 0 Å². The number of hydrogen-bond donors (Lipinski definition) is 2. The first-order valence-electron chi connectivity index (χ1n) is 3.29. The molecule has 0 aromatic rings. The number of nitrogens with one attached hydrogen (secondary N) is 2. The minimum absolute atomic E-state index is 0.392. The van der Waals surface area contributed by atoms with Crippen LogP contribution >= 0.6 is 12.2 Å². The molecule has 0 aromatic carbocycles. The van der Waals surface area contributed by atoms with E-state index in [-0.39, 0.29) is 0 Å². The van der Waals surface area contributed by atoms with Gasteiger partial charge in [0.25, 0.3) is 0 Å². The van der Waals surface area contributed by atoms with Crippen LogP contribution in [0.5, 0.6) is 0 Å². The van der Waals surface area contributed by atoms with Crippen LogP contribution < -0.4 is 10.7 Å². The molecule has 0 aromatic heterocycles. The predicted molar refractivity (Wildman–Crippen MR) is 47.7 cm³/mol. The van der Waals surface area contributed by atoms with Crippen LogP contribution in [-0.4, -0.2) is 30.3 Å². The summed E-state index contributed by atoms with van der Waals surface area (Å²) in [6.45, 7) is 4.10. The third-order valence-electron chi connectivity index (χ3n) is 1.05. The third-order valence-corrected chi connectivity index (χ3v) is 1.44. The molecular weight excluding hydrogens is 146 g/mol. The van der Waals surface area contributed by atoms with Gasteiger partial charge in [0.2, 0.25) is 0 Å². The van der Waals surface area contributed by atoms with E-state index in [1.807, 2.05) is 14.1 Å². The first-order valence-corrected chi connectivity index (χ1v) is 3.70. The maximum atomic E-state index is 5.00. The summed E-state index contributed by atoms with van der Waals surface area (Å²) in [5, 5.41) is 5.57. The van der Waals surface area contributed by atoms with Crippen molar-refractivity contribution in [2.45, 2.75) is 19.9 Å². The average molecular weight is 161 g/mol. The fourth-order valence-corrected chi connectivity index (χ4v) is 0.772. The standard InChI is InChI=1S/C6H15N3S/c1-5(2)8-6(10)9(4)7-3/h5,7H,1-4H3,(H,8,10). The minimum Gasteiger partial charge on any atom is -0.359 e. The molecule has 0 saturated carbocycles. The molecule has 10 heavy (non-hydrogen) atoms. The van der Waals surface area contributed by atoms with Crippen molar-refractivity contribution in [2.24, 2.45) is 0 Å². The third kappa shape index (κ3) is 3.63. The number of nitrogens with zero attached hydrogens (tertiary/aromatic N) is 1. The quantitative estimate of drug-likeness (QED) is 0.451. The van der Waals surface area contributed by atoms with E-state index in [2.05, 4.69) is 24.6 Å². The zero-order valence-corrected chi connectivity index (χ0v) is 7.75. The van der Waals surface area contributed by atoms with Crippen molar-refractivity contribution in [1.29, 1.82) is 0 Å². The normalized spacial score (nSPS) is 9.70. The molecular formula is C6H15N3S. The van der Waals surface area contributed by atoms with Crippen LogP contribution in [0.2, 0.25) is 0 Å². The lowest BCUT2D eigenvalue weighted by atomic mass is 10.4. The molecule has 0 spiro atoms. The second-order valence-electron chi connectivity index (χ2n) is 2.39. The zero-order valence-electron chi connectivity index (χ0n) is 6.93. The summed E-state index contributed by atoms with van der Waals surface area (Å²) in [5.74, 6) is 0. The van der Waals surface area contributed by atoms with Crippen LogP contribution in [0.25, 0.3) is 0 Å². The summed E-state index contributed by atoms with van der Waals surface area (Å²) in [6, 6.07) is 0.392. The van der Waals surface area contributed by atoms with Crippen molar-refractivity contribution in [1.82, 2.24) is 15.8 Å². The lowest BCUT2D eigenvalue weighted by molar-refractivity contribution is 0.397. The highest BCUT2D eigenvalue weighted by Gasteiger charge is 2.00. The highest BCUT2D eigenvalue weighted by atomic mass is 32.1. The lowest BCUT2D eigenvalue weighted by Crippen LogP contribution is -2.45. The van der Waals surface area contributed by atoms with Crippen molar-refractivity contribution in [3.05, 3.63) is 0 Å². The van der Waals surface area contributed by atoms with E-state index in [4.69, 9.17) is 12.2 Å². The topological polar surface area (TPSA) is 27.3 Å². The monoisotopic (exact) mass is 161 g/mol. The lowest BCUT2D eigenvalue weighted by Gasteiger charge is -2.21. The van der Waals surface area contributed by atoms with Gasteiger partial charge in [0.15, 0.2) is 5.11 Å². The second kappa shape index (κ2) is 4.46. The molecule has 0 unspecified atom stereocenters. The van der Waals surface area contributed by atoms with Gasteiger partial charge in [-0.1, -0.05) is 0 Å². The molecule has 0 rings (SSSR count). The Bertz CT molecular complexity index is 114. The van der Waals surface area contributed by atoms with Crippen molar-refractivity contribution in [2.75, 3.05) is 14.1 Å². The summed E-state index contributed by atoms with van der Waals surface area (Å²) in [6.07, 6.45) is 0. The summed E-state index contributed by atoms with van der Waals surface area (Å²) in [4.78, 5) is 0. The van der Waals surface area contributed by atoms with Gasteiger partial charge < -0.3 is 5.32 Å². The molecule has 0 amide bonds. The molecule has 0 saturated heterocycles. The maximum Gasteiger partial charge on any atom is 0.183 e. The Hall–Kier alpha value is -0.350. The summed E-state index contributed by atoms with van der Waals surface area (Å²) < 4.78 is 0. The van der Waals surface area contributed by atoms with Crippen LogP contribution in [-0.2, 0) is 0 Å². The highest BCUT2D eigenvalue weighted by Crippen LogP contribution is 1.81. The molecule has 0 atom stereocenters. The van der Waals surface area contributed by atoms with Crippen molar-refractivity contribution < 1.29 is 0 Å². The number of hydrazine groups is 1. The Morgan fingerprint density at radius 3 is 2.30 bits per heavy atom. The van der Waals surface area contributed by atoms with E-state index >= 15 is 0 Å². The van der Waals surface area contributed by atoms with Crippen LogP contribution in [0.3, 0.4) is 0 Å². The van der Waals surface area contributed by atoms with Gasteiger partial charge >= 0.3 is 0 Å². The van der Waals surface area contributed by atoms with Gasteiger partial charge in [-0.3, -0.25) is 5.01 Å². The Balaban J connectivity index is 3.62. The molecule has 0 aliphatic heterocycles. The zero-order chi connectivity index (χ0) is 8.15.